The van der Waals surface area contributed by atoms with Crippen LogP contribution >= 0.6 is 23.2 Å². The molecule has 0 radical (unpaired) electrons. The van der Waals surface area contributed by atoms with Crippen LogP contribution in [0, 0.1) is 0 Å². The third-order valence-electron chi connectivity index (χ3n) is 9.38. The van der Waals surface area contributed by atoms with Gasteiger partial charge in [-0.25, -0.2) is 4.79 Å². The number of ether oxygens (including phenoxy) is 3. The molecule has 0 saturated carbocycles. The van der Waals surface area contributed by atoms with Crippen LogP contribution < -0.4 is 9.47 Å². The second kappa shape index (κ2) is 14.4. The van der Waals surface area contributed by atoms with E-state index >= 15 is 4.79 Å². The summed E-state index contributed by atoms with van der Waals surface area (Å²) in [6, 6.07) is 20.2. The maximum atomic E-state index is 15.0. The highest BCUT2D eigenvalue weighted by Crippen LogP contribution is 2.52. The molecule has 0 aliphatic carbocycles. The van der Waals surface area contributed by atoms with Crippen molar-refractivity contribution in [2.45, 2.75) is 63.8 Å². The molecule has 2 fully saturated rings. The number of rotatable bonds is 8. The first-order valence-corrected chi connectivity index (χ1v) is 17.4. The molecule has 0 bridgehead atoms. The van der Waals surface area contributed by atoms with Crippen LogP contribution in [-0.4, -0.2) is 84.6 Å². The average molecular weight is 694 g/mol. The number of methoxy groups -OCH3 is 1. The fourth-order valence-electron chi connectivity index (χ4n) is 6.95. The third-order valence-corrected chi connectivity index (χ3v) is 9.88. The molecule has 6 rings (SSSR count). The number of halogens is 2. The predicted octanol–water partition coefficient (Wildman–Crippen LogP) is 7.34. The molecule has 2 saturated heterocycles. The minimum atomic E-state index is -0.879. The van der Waals surface area contributed by atoms with Gasteiger partial charge in [0.2, 0.25) is 0 Å². The van der Waals surface area contributed by atoms with Crippen LogP contribution in [0.1, 0.15) is 62.8 Å². The van der Waals surface area contributed by atoms with E-state index in [9.17, 15) is 4.79 Å². The van der Waals surface area contributed by atoms with E-state index in [1.165, 1.54) is 0 Å². The van der Waals surface area contributed by atoms with E-state index in [1.54, 1.807) is 7.11 Å². The number of amidine groups is 1. The maximum absolute atomic E-state index is 15.0. The largest absolute Gasteiger partial charge is 0.497 e. The lowest BCUT2D eigenvalue weighted by atomic mass is 9.78. The predicted molar refractivity (Wildman–Crippen MR) is 187 cm³/mol. The number of urea groups is 1. The van der Waals surface area contributed by atoms with Gasteiger partial charge in [-0.15, -0.1) is 0 Å². The number of benzene rings is 3. The van der Waals surface area contributed by atoms with Crippen molar-refractivity contribution in [2.75, 3.05) is 39.9 Å². The molecule has 3 aromatic rings. The highest BCUT2D eigenvalue weighted by atomic mass is 35.5. The second-order valence-electron chi connectivity index (χ2n) is 12.7. The molecule has 3 aliphatic rings. The minimum absolute atomic E-state index is 0.00325. The van der Waals surface area contributed by atoms with Crippen LogP contribution in [0.15, 0.2) is 71.7 Å². The van der Waals surface area contributed by atoms with Crippen molar-refractivity contribution in [3.63, 3.8) is 0 Å². The zero-order valence-electron chi connectivity index (χ0n) is 27.8. The van der Waals surface area contributed by atoms with Crippen LogP contribution in [0.2, 0.25) is 10.0 Å². The zero-order chi connectivity index (χ0) is 34.0. The quantitative estimate of drug-likeness (QED) is 0.247. The van der Waals surface area contributed by atoms with Crippen LogP contribution in [0.5, 0.6) is 11.5 Å². The Balaban J connectivity index is 1.47. The summed E-state index contributed by atoms with van der Waals surface area (Å²) in [4.78, 5) is 39.2. The van der Waals surface area contributed by atoms with Gasteiger partial charge in [-0.05, 0) is 80.6 Å². The number of nitrogens with zero attached hydrogens (tertiary/aromatic N) is 4. The third kappa shape index (κ3) is 6.60. The van der Waals surface area contributed by atoms with E-state index in [-0.39, 0.29) is 18.0 Å². The van der Waals surface area contributed by atoms with Gasteiger partial charge in [-0.2, -0.15) is 0 Å². The Morgan fingerprint density at radius 3 is 2.19 bits per heavy atom. The van der Waals surface area contributed by atoms with Gasteiger partial charge >= 0.3 is 6.03 Å². The zero-order valence-corrected chi connectivity index (χ0v) is 29.3. The number of hydrogen-bond acceptors (Lipinski definition) is 6. The van der Waals surface area contributed by atoms with Crippen molar-refractivity contribution >= 4 is 41.0 Å². The average Bonchev–Trinajstić information content (AvgIpc) is 3.76. The van der Waals surface area contributed by atoms with Crippen molar-refractivity contribution in [3.8, 4) is 11.5 Å². The monoisotopic (exact) mass is 692 g/mol. The molecule has 254 valence electrons. The highest BCUT2D eigenvalue weighted by molar-refractivity contribution is 6.30. The summed E-state index contributed by atoms with van der Waals surface area (Å²) in [6.45, 7) is 8.23. The van der Waals surface area contributed by atoms with E-state index in [4.69, 9.17) is 42.4 Å². The maximum Gasteiger partial charge on any atom is 0.326 e. The van der Waals surface area contributed by atoms with E-state index < -0.39 is 17.7 Å². The summed E-state index contributed by atoms with van der Waals surface area (Å²) >= 11 is 12.8. The fourth-order valence-corrected chi connectivity index (χ4v) is 7.20. The summed E-state index contributed by atoms with van der Waals surface area (Å²) in [7, 11) is 1.61. The molecule has 3 heterocycles. The molecule has 3 amide bonds. The number of hydrogen-bond donors (Lipinski definition) is 0. The number of carbonyl (C=O) groups is 2. The molecular formula is C37H42Cl2N4O5. The van der Waals surface area contributed by atoms with Gasteiger partial charge < -0.3 is 24.0 Å². The first-order chi connectivity index (χ1) is 23.1. The summed E-state index contributed by atoms with van der Waals surface area (Å²) in [5.74, 6) is 1.69. The van der Waals surface area contributed by atoms with Gasteiger partial charge in [0.25, 0.3) is 5.91 Å². The van der Waals surface area contributed by atoms with Gasteiger partial charge in [0.05, 0.1) is 24.8 Å². The molecule has 1 unspecified atom stereocenters. The van der Waals surface area contributed by atoms with Crippen molar-refractivity contribution in [3.05, 3.63) is 93.5 Å². The van der Waals surface area contributed by atoms with Crippen molar-refractivity contribution in [1.29, 1.82) is 0 Å². The summed E-state index contributed by atoms with van der Waals surface area (Å²) in [6.07, 6.45) is 1.67. The standard InChI is InChI=1S/C37H42Cl2N4O5/c1-5-37(26-10-14-28(39)15-11-26)33(25-8-12-27(38)13-9-25)43(34(40-37)30-17-16-29(46-4)23-32(30)48-24(2)3)36(45)42-20-18-41(19-21-42)35(44)31-7-6-22-47-31/h8-17,23-24,31,33H,5-7,18-22H2,1-4H3/t31?,33-,37+/m1/s1. The van der Waals surface area contributed by atoms with Crippen molar-refractivity contribution < 1.29 is 23.8 Å². The van der Waals surface area contributed by atoms with Crippen LogP contribution in [0.3, 0.4) is 0 Å². The highest BCUT2D eigenvalue weighted by Gasteiger charge is 2.53. The SMILES string of the molecule is CC[C@@]1(c2ccc(Cl)cc2)N=C(c2ccc(OC)cc2OC(C)C)N(C(=O)N2CCN(C(=O)C3CCCO3)CC2)[C@@H]1c1ccc(Cl)cc1. The van der Waals surface area contributed by atoms with Crippen LogP contribution in [0.25, 0.3) is 0 Å². The summed E-state index contributed by atoms with van der Waals surface area (Å²) < 4.78 is 17.6. The van der Waals surface area contributed by atoms with E-state index in [0.29, 0.717) is 72.2 Å². The number of carbonyl (C=O) groups excluding carboxylic acids is 2. The Morgan fingerprint density at radius 2 is 1.60 bits per heavy atom. The number of piperazine rings is 1. The Bertz CT molecular complexity index is 1650. The van der Waals surface area contributed by atoms with Gasteiger partial charge in [-0.3, -0.25) is 14.7 Å². The fraction of sp³-hybridized carbons (Fsp3) is 0.432. The van der Waals surface area contributed by atoms with E-state index in [1.807, 2.05) is 95.3 Å². The molecule has 11 heteroatoms. The first kappa shape index (κ1) is 34.1. The van der Waals surface area contributed by atoms with Gasteiger partial charge in [0, 0.05) is 48.9 Å². The number of amides is 3. The molecule has 9 nitrogen and oxygen atoms in total. The smallest absolute Gasteiger partial charge is 0.326 e. The summed E-state index contributed by atoms with van der Waals surface area (Å²) in [5.41, 5.74) is 1.60. The molecule has 3 aliphatic heterocycles. The Morgan fingerprint density at radius 1 is 0.958 bits per heavy atom. The van der Waals surface area contributed by atoms with Gasteiger partial charge in [0.15, 0.2) is 0 Å². The van der Waals surface area contributed by atoms with Gasteiger partial charge in [0.1, 0.15) is 29.0 Å². The van der Waals surface area contributed by atoms with Crippen molar-refractivity contribution in [2.24, 2.45) is 4.99 Å². The lowest BCUT2D eigenvalue weighted by Crippen LogP contribution is -2.57. The second-order valence-corrected chi connectivity index (χ2v) is 13.5. The topological polar surface area (TPSA) is 83.9 Å². The Labute approximate surface area is 292 Å². The molecule has 0 spiro atoms. The van der Waals surface area contributed by atoms with Crippen LogP contribution in [-0.2, 0) is 15.1 Å². The Hall–Kier alpha value is -3.79. The molecular weight excluding hydrogens is 651 g/mol. The number of aliphatic imine (C=N–C) groups is 1. The summed E-state index contributed by atoms with van der Waals surface area (Å²) in [5, 5.41) is 1.21. The minimum Gasteiger partial charge on any atom is -0.497 e. The molecule has 3 aromatic carbocycles. The first-order valence-electron chi connectivity index (χ1n) is 16.6. The normalized spacial score (nSPS) is 22.6. The van der Waals surface area contributed by atoms with E-state index in [0.717, 1.165) is 24.0 Å². The molecule has 0 N–H and O–H groups in total. The molecule has 48 heavy (non-hydrogen) atoms. The van der Waals surface area contributed by atoms with Gasteiger partial charge in [-0.1, -0.05) is 54.4 Å². The van der Waals surface area contributed by atoms with Crippen molar-refractivity contribution in [1.82, 2.24) is 14.7 Å². The molecule has 0 aromatic heterocycles. The lowest BCUT2D eigenvalue weighted by molar-refractivity contribution is -0.142. The molecule has 3 atom stereocenters. The Kier molecular flexibility index (Phi) is 10.2. The van der Waals surface area contributed by atoms with Crippen LogP contribution in [0.4, 0.5) is 4.79 Å². The lowest BCUT2D eigenvalue weighted by Gasteiger charge is -2.41. The van der Waals surface area contributed by atoms with E-state index in [2.05, 4.69) is 6.92 Å².